The van der Waals surface area contributed by atoms with Crippen LogP contribution < -0.4 is 5.32 Å². The number of carbonyl (C=O) groups is 2. The summed E-state index contributed by atoms with van der Waals surface area (Å²) in [5.74, 6) is -0.186. The van der Waals surface area contributed by atoms with Crippen LogP contribution in [0.1, 0.15) is 51.4 Å². The van der Waals surface area contributed by atoms with Gasteiger partial charge in [-0.15, -0.1) is 0 Å². The molecule has 3 heterocycles. The van der Waals surface area contributed by atoms with Crippen LogP contribution >= 0.6 is 0 Å². The maximum absolute atomic E-state index is 12.5. The van der Waals surface area contributed by atoms with Crippen molar-refractivity contribution in [1.29, 1.82) is 0 Å². The lowest BCUT2D eigenvalue weighted by atomic mass is 10.1. The maximum Gasteiger partial charge on any atom is 0.222 e. The molecule has 0 radical (unpaired) electrons. The zero-order valence-electron chi connectivity index (χ0n) is 17.7. The van der Waals surface area contributed by atoms with Gasteiger partial charge in [-0.1, -0.05) is 0 Å². The lowest BCUT2D eigenvalue weighted by molar-refractivity contribution is -0.133. The summed E-state index contributed by atoms with van der Waals surface area (Å²) in [7, 11) is -3.45. The van der Waals surface area contributed by atoms with E-state index in [2.05, 4.69) is 5.32 Å². The first-order valence-corrected chi connectivity index (χ1v) is 12.8. The number of nitrogens with one attached hydrogen (secondary N) is 1. The molecule has 3 aliphatic heterocycles. The molecule has 0 saturated carbocycles. The first-order chi connectivity index (χ1) is 14.4. The molecule has 9 nitrogen and oxygen atoms in total. The van der Waals surface area contributed by atoms with Crippen molar-refractivity contribution in [2.45, 2.75) is 63.6 Å². The van der Waals surface area contributed by atoms with Crippen LogP contribution in [0.2, 0.25) is 0 Å². The maximum atomic E-state index is 12.5. The van der Waals surface area contributed by atoms with E-state index in [1.807, 2.05) is 0 Å². The van der Waals surface area contributed by atoms with Crippen LogP contribution in [0.25, 0.3) is 0 Å². The minimum atomic E-state index is -3.45. The molecule has 3 fully saturated rings. The van der Waals surface area contributed by atoms with Gasteiger partial charge in [0.2, 0.25) is 21.8 Å². The van der Waals surface area contributed by atoms with Crippen molar-refractivity contribution in [3.63, 3.8) is 0 Å². The second-order valence-electron chi connectivity index (χ2n) is 8.29. The predicted octanol–water partition coefficient (Wildman–Crippen LogP) is 0.495. The molecule has 1 N–H and O–H groups in total. The Morgan fingerprint density at radius 3 is 2.07 bits per heavy atom. The van der Waals surface area contributed by atoms with Gasteiger partial charge in [0.05, 0.1) is 18.0 Å². The number of hydrogen-bond donors (Lipinski definition) is 1. The van der Waals surface area contributed by atoms with E-state index in [1.165, 1.54) is 4.31 Å². The van der Waals surface area contributed by atoms with Gasteiger partial charge in [0.25, 0.3) is 0 Å². The van der Waals surface area contributed by atoms with Gasteiger partial charge in [-0.25, -0.2) is 8.42 Å². The van der Waals surface area contributed by atoms with Crippen LogP contribution in [0, 0.1) is 0 Å². The molecule has 3 saturated heterocycles. The molecular formula is C20H35N3O6S. The molecule has 0 aromatic carbocycles. The Kier molecular flexibility index (Phi) is 8.91. The fraction of sp³-hybridized carbons (Fsp3) is 0.900. The van der Waals surface area contributed by atoms with Crippen molar-refractivity contribution in [2.24, 2.45) is 0 Å². The van der Waals surface area contributed by atoms with Crippen LogP contribution in [0.15, 0.2) is 0 Å². The van der Waals surface area contributed by atoms with Gasteiger partial charge in [-0.2, -0.15) is 4.31 Å². The van der Waals surface area contributed by atoms with E-state index in [4.69, 9.17) is 9.47 Å². The summed E-state index contributed by atoms with van der Waals surface area (Å²) in [5, 5.41) is 2.70. The number of piperazine rings is 1. The summed E-state index contributed by atoms with van der Waals surface area (Å²) in [5.41, 5.74) is 0. The quantitative estimate of drug-likeness (QED) is 0.525. The van der Waals surface area contributed by atoms with Gasteiger partial charge in [0.15, 0.2) is 0 Å². The van der Waals surface area contributed by atoms with Crippen LogP contribution in [0.5, 0.6) is 0 Å². The first-order valence-electron chi connectivity index (χ1n) is 11.2. The normalized spacial score (nSPS) is 25.5. The molecule has 0 aliphatic carbocycles. The monoisotopic (exact) mass is 445 g/mol. The molecule has 30 heavy (non-hydrogen) atoms. The summed E-state index contributed by atoms with van der Waals surface area (Å²) in [4.78, 5) is 26.0. The molecule has 10 heteroatoms. The first kappa shape index (κ1) is 23.4. The Labute approximate surface area is 179 Å². The summed E-state index contributed by atoms with van der Waals surface area (Å²) in [6.45, 7) is 3.09. The van der Waals surface area contributed by atoms with Crippen LogP contribution in [0.4, 0.5) is 0 Å². The number of nitrogens with zero attached hydrogens (tertiary/aromatic N) is 2. The number of amides is 2. The number of sulfonamides is 1. The van der Waals surface area contributed by atoms with Crippen molar-refractivity contribution in [2.75, 3.05) is 51.7 Å². The van der Waals surface area contributed by atoms with Gasteiger partial charge in [0.1, 0.15) is 0 Å². The topological polar surface area (TPSA) is 105 Å². The molecule has 2 unspecified atom stereocenters. The zero-order chi connectivity index (χ0) is 21.4. The van der Waals surface area contributed by atoms with Gasteiger partial charge in [-0.3, -0.25) is 9.59 Å². The fourth-order valence-electron chi connectivity index (χ4n) is 4.23. The SMILES string of the molecule is O=C(CCC1CCCO1)NCCS(=O)(=O)N1CCN(C(=O)CCC2CCCO2)CC1. The van der Waals surface area contributed by atoms with E-state index in [0.29, 0.717) is 45.4 Å². The van der Waals surface area contributed by atoms with Crippen molar-refractivity contribution in [3.05, 3.63) is 0 Å². The van der Waals surface area contributed by atoms with E-state index in [0.717, 1.165) is 45.3 Å². The van der Waals surface area contributed by atoms with Gasteiger partial charge in [-0.05, 0) is 38.5 Å². The van der Waals surface area contributed by atoms with Gasteiger partial charge in [0, 0.05) is 58.8 Å². The second kappa shape index (κ2) is 11.4. The molecule has 3 aliphatic rings. The van der Waals surface area contributed by atoms with Crippen molar-refractivity contribution in [1.82, 2.24) is 14.5 Å². The van der Waals surface area contributed by atoms with Crippen molar-refractivity contribution < 1.29 is 27.5 Å². The summed E-state index contributed by atoms with van der Waals surface area (Å²) in [6.07, 6.45) is 6.69. The van der Waals surface area contributed by atoms with Crippen LogP contribution in [0.3, 0.4) is 0 Å². The molecule has 172 valence electrons. The summed E-state index contributed by atoms with van der Waals surface area (Å²) >= 11 is 0. The second-order valence-corrected chi connectivity index (χ2v) is 10.4. The van der Waals surface area contributed by atoms with E-state index >= 15 is 0 Å². The Bertz CT molecular complexity index is 666. The molecule has 0 aromatic heterocycles. The molecular weight excluding hydrogens is 410 g/mol. The highest BCUT2D eigenvalue weighted by Crippen LogP contribution is 2.18. The molecule has 0 bridgehead atoms. The van der Waals surface area contributed by atoms with Gasteiger partial charge >= 0.3 is 0 Å². The molecule has 3 rings (SSSR count). The lowest BCUT2D eigenvalue weighted by Gasteiger charge is -2.34. The third kappa shape index (κ3) is 7.18. The number of carbonyl (C=O) groups excluding carboxylic acids is 2. The van der Waals surface area contributed by atoms with Crippen molar-refractivity contribution >= 4 is 21.8 Å². The third-order valence-corrected chi connectivity index (χ3v) is 7.96. The largest absolute Gasteiger partial charge is 0.378 e. The lowest BCUT2D eigenvalue weighted by Crippen LogP contribution is -2.51. The highest BCUT2D eigenvalue weighted by molar-refractivity contribution is 7.89. The fourth-order valence-corrected chi connectivity index (χ4v) is 5.57. The number of hydrogen-bond acceptors (Lipinski definition) is 6. The Hall–Kier alpha value is -1.23. The minimum absolute atomic E-state index is 0.0704. The summed E-state index contributed by atoms with van der Waals surface area (Å²) in [6, 6.07) is 0. The Morgan fingerprint density at radius 2 is 1.50 bits per heavy atom. The number of rotatable bonds is 10. The molecule has 0 spiro atoms. The van der Waals surface area contributed by atoms with Crippen LogP contribution in [-0.2, 0) is 29.1 Å². The smallest absolute Gasteiger partial charge is 0.222 e. The highest BCUT2D eigenvalue weighted by atomic mass is 32.2. The molecule has 2 atom stereocenters. The molecule has 2 amide bonds. The van der Waals surface area contributed by atoms with Crippen molar-refractivity contribution in [3.8, 4) is 0 Å². The van der Waals surface area contributed by atoms with E-state index in [-0.39, 0.29) is 36.3 Å². The highest BCUT2D eigenvalue weighted by Gasteiger charge is 2.29. The molecule has 0 aromatic rings. The number of ether oxygens (including phenoxy) is 2. The standard InChI is InChI=1S/C20H35N3O6S/c24-19(7-5-17-3-1-14-28-17)21-9-16-30(26,27)23-12-10-22(11-13-23)20(25)8-6-18-4-2-15-29-18/h17-18H,1-16H2,(H,21,24). The minimum Gasteiger partial charge on any atom is -0.378 e. The predicted molar refractivity (Wildman–Crippen MR) is 111 cm³/mol. The average Bonchev–Trinajstić information content (AvgIpc) is 3.44. The average molecular weight is 446 g/mol. The Morgan fingerprint density at radius 1 is 0.900 bits per heavy atom. The third-order valence-electron chi connectivity index (χ3n) is 6.09. The van der Waals surface area contributed by atoms with Crippen LogP contribution in [-0.4, -0.2) is 93.3 Å². The zero-order valence-corrected chi connectivity index (χ0v) is 18.5. The van der Waals surface area contributed by atoms with E-state index < -0.39 is 10.0 Å². The van der Waals surface area contributed by atoms with Gasteiger partial charge < -0.3 is 19.7 Å². The summed E-state index contributed by atoms with van der Waals surface area (Å²) < 4.78 is 37.6. The Balaban J connectivity index is 1.30. The van der Waals surface area contributed by atoms with E-state index in [9.17, 15) is 18.0 Å². The van der Waals surface area contributed by atoms with E-state index in [1.54, 1.807) is 4.90 Å².